The Kier molecular flexibility index (Phi) is 5.81. The van der Waals surface area contributed by atoms with Crippen LogP contribution >= 0.6 is 0 Å². The van der Waals surface area contributed by atoms with Gasteiger partial charge in [-0.2, -0.15) is 4.98 Å². The largest absolute Gasteiger partial charge is 0.497 e. The first-order valence-corrected chi connectivity index (χ1v) is 10.1. The monoisotopic (exact) mass is 430 g/mol. The fraction of sp³-hybridized carbons (Fsp3) is 0.524. The predicted octanol–water partition coefficient (Wildman–Crippen LogP) is 0.866. The van der Waals surface area contributed by atoms with Crippen LogP contribution < -0.4 is 9.47 Å². The second-order valence-corrected chi connectivity index (χ2v) is 8.02. The van der Waals surface area contributed by atoms with E-state index in [4.69, 9.17) is 18.7 Å². The number of aryl methyl sites for hydroxylation is 1. The Morgan fingerprint density at radius 1 is 1.06 bits per heavy atom. The lowest BCUT2D eigenvalue weighted by Crippen LogP contribution is -2.62. The molecule has 2 aromatic rings. The van der Waals surface area contributed by atoms with Gasteiger partial charge in [-0.3, -0.25) is 9.59 Å². The lowest BCUT2D eigenvalue weighted by molar-refractivity contribution is -0.146. The average Bonchev–Trinajstić information content (AvgIpc) is 3.35. The minimum atomic E-state index is -0.307. The molecule has 1 aromatic heterocycles. The van der Waals surface area contributed by atoms with Gasteiger partial charge in [0.25, 0.3) is 5.91 Å². The Hall–Kier alpha value is -3.14. The third-order valence-corrected chi connectivity index (χ3v) is 5.90. The first-order valence-electron chi connectivity index (χ1n) is 10.1. The van der Waals surface area contributed by atoms with Gasteiger partial charge >= 0.3 is 0 Å². The summed E-state index contributed by atoms with van der Waals surface area (Å²) < 4.78 is 21.1. The molecule has 2 aliphatic rings. The van der Waals surface area contributed by atoms with Crippen LogP contribution in [0.2, 0.25) is 0 Å². The highest BCUT2D eigenvalue weighted by Gasteiger charge is 2.58. The van der Waals surface area contributed by atoms with E-state index in [0.29, 0.717) is 43.6 Å². The van der Waals surface area contributed by atoms with Gasteiger partial charge in [0.05, 0.1) is 13.0 Å². The summed E-state index contributed by atoms with van der Waals surface area (Å²) in [5.41, 5.74) is -0.307. The van der Waals surface area contributed by atoms with Crippen molar-refractivity contribution >= 4 is 11.8 Å². The maximum atomic E-state index is 12.7. The zero-order chi connectivity index (χ0) is 22.0. The molecule has 2 saturated heterocycles. The summed E-state index contributed by atoms with van der Waals surface area (Å²) in [6.07, 6.45) is 0. The number of hydrogen-bond acceptors (Lipinski definition) is 8. The van der Waals surface area contributed by atoms with Crippen molar-refractivity contribution in [3.05, 3.63) is 36.0 Å². The van der Waals surface area contributed by atoms with Crippen LogP contribution in [0.1, 0.15) is 17.6 Å². The van der Waals surface area contributed by atoms with Crippen LogP contribution in [0.4, 0.5) is 0 Å². The van der Waals surface area contributed by atoms with Gasteiger partial charge in [0.1, 0.15) is 18.1 Å². The highest BCUT2D eigenvalue weighted by Crippen LogP contribution is 2.48. The summed E-state index contributed by atoms with van der Waals surface area (Å²) in [6, 6.07) is 7.07. The van der Waals surface area contributed by atoms with Gasteiger partial charge in [-0.25, -0.2) is 0 Å². The molecule has 0 saturated carbocycles. The summed E-state index contributed by atoms with van der Waals surface area (Å²) in [5.74, 6) is 2.05. The van der Waals surface area contributed by atoms with Crippen LogP contribution in [-0.2, 0) is 14.3 Å². The fourth-order valence-corrected chi connectivity index (χ4v) is 4.29. The molecule has 0 radical (unpaired) electrons. The van der Waals surface area contributed by atoms with Gasteiger partial charge in [0, 0.05) is 38.7 Å². The third kappa shape index (κ3) is 4.20. The van der Waals surface area contributed by atoms with Gasteiger partial charge in [-0.1, -0.05) is 5.16 Å². The molecule has 166 valence electrons. The minimum Gasteiger partial charge on any atom is -0.497 e. The van der Waals surface area contributed by atoms with E-state index >= 15 is 0 Å². The van der Waals surface area contributed by atoms with Gasteiger partial charge < -0.3 is 28.5 Å². The second-order valence-electron chi connectivity index (χ2n) is 8.02. The molecule has 0 aliphatic carbocycles. The van der Waals surface area contributed by atoms with E-state index in [9.17, 15) is 9.59 Å². The highest BCUT2D eigenvalue weighted by atomic mass is 16.5. The molecule has 0 N–H and O–H groups in total. The maximum Gasteiger partial charge on any atom is 0.260 e. The number of rotatable bonds is 7. The number of carbonyl (C=O) groups excluding carboxylic acids is 2. The second kappa shape index (κ2) is 8.54. The first-order chi connectivity index (χ1) is 14.9. The molecule has 1 unspecified atom stereocenters. The topological polar surface area (TPSA) is 107 Å². The number of carbonyl (C=O) groups is 2. The molecule has 10 heteroatoms. The van der Waals surface area contributed by atoms with Crippen LogP contribution in [0.15, 0.2) is 28.8 Å². The van der Waals surface area contributed by atoms with E-state index < -0.39 is 0 Å². The molecule has 4 rings (SSSR count). The lowest BCUT2D eigenvalue weighted by atomic mass is 9.71. The van der Waals surface area contributed by atoms with E-state index in [1.54, 1.807) is 48.1 Å². The van der Waals surface area contributed by atoms with Crippen LogP contribution in [0.25, 0.3) is 0 Å². The molecule has 1 aromatic carbocycles. The first kappa shape index (κ1) is 21.1. The zero-order valence-corrected chi connectivity index (χ0v) is 17.9. The summed E-state index contributed by atoms with van der Waals surface area (Å²) in [7, 11) is 3.09. The Labute approximate surface area is 180 Å². The zero-order valence-electron chi connectivity index (χ0n) is 17.9. The quantitative estimate of drug-likeness (QED) is 0.637. The summed E-state index contributed by atoms with van der Waals surface area (Å²) in [4.78, 5) is 32.9. The average molecular weight is 430 g/mol. The van der Waals surface area contributed by atoms with Crippen LogP contribution in [0.3, 0.4) is 0 Å². The van der Waals surface area contributed by atoms with E-state index in [2.05, 4.69) is 10.1 Å². The number of ether oxygens (including phenoxy) is 3. The van der Waals surface area contributed by atoms with Crippen molar-refractivity contribution in [2.24, 2.45) is 5.41 Å². The van der Waals surface area contributed by atoms with Gasteiger partial charge in [-0.15, -0.1) is 0 Å². The Balaban J connectivity index is 1.39. The van der Waals surface area contributed by atoms with E-state index in [1.165, 1.54) is 7.11 Å². The standard InChI is InChI=1S/C21H26N4O6/c1-14-22-20(31-23-14)17-8-24(18(26)9-28-2)11-21(17)12-25(13-21)19(27)10-30-16-6-4-15(29-3)5-7-16/h4-7,17H,8-13H2,1-3H3. The molecule has 2 amide bonds. The molecule has 1 atom stereocenters. The van der Waals surface area contributed by atoms with Crippen molar-refractivity contribution in [1.29, 1.82) is 0 Å². The fourth-order valence-electron chi connectivity index (χ4n) is 4.29. The van der Waals surface area contributed by atoms with Crippen molar-refractivity contribution in [3.8, 4) is 11.5 Å². The van der Waals surface area contributed by atoms with Crippen LogP contribution in [-0.4, -0.2) is 85.4 Å². The van der Waals surface area contributed by atoms with Crippen LogP contribution in [0, 0.1) is 12.3 Å². The number of nitrogens with zero attached hydrogens (tertiary/aromatic N) is 4. The van der Waals surface area contributed by atoms with E-state index in [1.807, 2.05) is 0 Å². The van der Waals surface area contributed by atoms with Gasteiger partial charge in [0.2, 0.25) is 11.8 Å². The van der Waals surface area contributed by atoms with Crippen molar-refractivity contribution in [3.63, 3.8) is 0 Å². The van der Waals surface area contributed by atoms with Crippen molar-refractivity contribution in [1.82, 2.24) is 19.9 Å². The van der Waals surface area contributed by atoms with Crippen molar-refractivity contribution in [2.45, 2.75) is 12.8 Å². The summed E-state index contributed by atoms with van der Waals surface area (Å²) in [6.45, 7) is 3.71. The molecule has 10 nitrogen and oxygen atoms in total. The van der Waals surface area contributed by atoms with Crippen molar-refractivity contribution < 1.29 is 28.3 Å². The summed E-state index contributed by atoms with van der Waals surface area (Å²) in [5, 5.41) is 3.90. The normalized spacial score (nSPS) is 19.4. The molecule has 2 fully saturated rings. The molecular weight excluding hydrogens is 404 g/mol. The summed E-state index contributed by atoms with van der Waals surface area (Å²) >= 11 is 0. The molecule has 2 aliphatic heterocycles. The van der Waals surface area contributed by atoms with Crippen molar-refractivity contribution in [2.75, 3.05) is 53.6 Å². The van der Waals surface area contributed by atoms with Gasteiger partial charge in [0.15, 0.2) is 12.4 Å². The van der Waals surface area contributed by atoms with E-state index in [-0.39, 0.29) is 36.4 Å². The van der Waals surface area contributed by atoms with Gasteiger partial charge in [-0.05, 0) is 31.2 Å². The highest BCUT2D eigenvalue weighted by molar-refractivity contribution is 5.80. The van der Waals surface area contributed by atoms with Crippen LogP contribution in [0.5, 0.6) is 11.5 Å². The number of benzene rings is 1. The molecule has 3 heterocycles. The molecule has 1 spiro atoms. The maximum absolute atomic E-state index is 12.7. The van der Waals surface area contributed by atoms with E-state index in [0.717, 1.165) is 5.75 Å². The lowest BCUT2D eigenvalue weighted by Gasteiger charge is -2.49. The molecule has 31 heavy (non-hydrogen) atoms. The SMILES string of the molecule is COCC(=O)N1CC(c2nc(C)no2)C2(C1)CN(C(=O)COc1ccc(OC)cc1)C2. The smallest absolute Gasteiger partial charge is 0.260 e. The predicted molar refractivity (Wildman–Crippen MR) is 108 cm³/mol. The number of methoxy groups -OCH3 is 2. The number of aromatic nitrogens is 2. The Bertz CT molecular complexity index is 938. The minimum absolute atomic E-state index is 0.0179. The number of likely N-dealkylation sites (tertiary alicyclic amines) is 2. The number of amides is 2. The Morgan fingerprint density at radius 3 is 2.32 bits per heavy atom. The Morgan fingerprint density at radius 2 is 1.71 bits per heavy atom. The molecule has 0 bridgehead atoms. The number of hydrogen-bond donors (Lipinski definition) is 0. The third-order valence-electron chi connectivity index (χ3n) is 5.90. The molecular formula is C21H26N4O6.